The van der Waals surface area contributed by atoms with Crippen molar-refractivity contribution in [2.24, 2.45) is 0 Å². The van der Waals surface area contributed by atoms with Gasteiger partial charge in [0.1, 0.15) is 23.7 Å². The minimum atomic E-state index is -1.08. The molecule has 0 fully saturated rings. The van der Waals surface area contributed by atoms with E-state index in [4.69, 9.17) is 9.52 Å². The van der Waals surface area contributed by atoms with E-state index >= 15 is 0 Å². The largest absolute Gasteiger partial charge is 0.478 e. The molecule has 1 aromatic carbocycles. The Bertz CT molecular complexity index is 595. The van der Waals surface area contributed by atoms with Crippen LogP contribution in [0.5, 0.6) is 0 Å². The summed E-state index contributed by atoms with van der Waals surface area (Å²) < 4.78 is 31.2. The van der Waals surface area contributed by atoms with Crippen LogP contribution >= 0.6 is 0 Å². The number of rotatable bonds is 5. The van der Waals surface area contributed by atoms with Crippen molar-refractivity contribution in [1.29, 1.82) is 0 Å². The summed E-state index contributed by atoms with van der Waals surface area (Å²) in [5.41, 5.74) is 0.249. The number of aromatic carboxylic acids is 1. The zero-order valence-corrected chi connectivity index (χ0v) is 9.82. The standard InChI is InChI=1S/C13H11F2NO3/c14-10-1-2-12(15)8(3-10)5-16-6-11-4-9(7-19-11)13(17)18/h1-4,7,16H,5-6H2,(H,17,18). The summed E-state index contributed by atoms with van der Waals surface area (Å²) in [5.74, 6) is -1.68. The van der Waals surface area contributed by atoms with E-state index in [0.29, 0.717) is 5.76 Å². The van der Waals surface area contributed by atoms with Crippen LogP contribution in [0.15, 0.2) is 34.9 Å². The highest BCUT2D eigenvalue weighted by Gasteiger charge is 2.08. The fraction of sp³-hybridized carbons (Fsp3) is 0.154. The number of carbonyl (C=O) groups is 1. The van der Waals surface area contributed by atoms with Crippen molar-refractivity contribution < 1.29 is 23.1 Å². The van der Waals surface area contributed by atoms with Gasteiger partial charge in [-0.05, 0) is 24.3 Å². The summed E-state index contributed by atoms with van der Waals surface area (Å²) in [7, 11) is 0. The summed E-state index contributed by atoms with van der Waals surface area (Å²) in [6, 6.07) is 4.58. The van der Waals surface area contributed by atoms with E-state index in [0.717, 1.165) is 24.5 Å². The van der Waals surface area contributed by atoms with E-state index < -0.39 is 17.6 Å². The highest BCUT2D eigenvalue weighted by Crippen LogP contribution is 2.11. The van der Waals surface area contributed by atoms with Crippen LogP contribution in [-0.4, -0.2) is 11.1 Å². The molecular weight excluding hydrogens is 256 g/mol. The van der Waals surface area contributed by atoms with Gasteiger partial charge in [0, 0.05) is 12.1 Å². The van der Waals surface area contributed by atoms with E-state index in [1.165, 1.54) is 6.07 Å². The second-order valence-electron chi connectivity index (χ2n) is 3.95. The van der Waals surface area contributed by atoms with Crippen molar-refractivity contribution in [3.8, 4) is 0 Å². The molecule has 0 aliphatic carbocycles. The van der Waals surface area contributed by atoms with Crippen LogP contribution in [0.2, 0.25) is 0 Å². The van der Waals surface area contributed by atoms with Gasteiger partial charge >= 0.3 is 5.97 Å². The topological polar surface area (TPSA) is 62.5 Å². The van der Waals surface area contributed by atoms with Crippen molar-refractivity contribution >= 4 is 5.97 Å². The maximum Gasteiger partial charge on any atom is 0.338 e. The average Bonchev–Trinajstić information content (AvgIpc) is 2.82. The molecule has 19 heavy (non-hydrogen) atoms. The van der Waals surface area contributed by atoms with Crippen LogP contribution < -0.4 is 5.32 Å². The van der Waals surface area contributed by atoms with E-state index in [1.54, 1.807) is 0 Å². The van der Waals surface area contributed by atoms with E-state index in [9.17, 15) is 13.6 Å². The first-order valence-corrected chi connectivity index (χ1v) is 5.51. The first-order valence-electron chi connectivity index (χ1n) is 5.51. The number of hydrogen-bond donors (Lipinski definition) is 2. The number of carboxylic acids is 1. The predicted octanol–water partition coefficient (Wildman–Crippen LogP) is 2.55. The van der Waals surface area contributed by atoms with Gasteiger partial charge in [0.05, 0.1) is 12.1 Å². The highest BCUT2D eigenvalue weighted by molar-refractivity contribution is 5.87. The zero-order valence-electron chi connectivity index (χ0n) is 9.82. The minimum Gasteiger partial charge on any atom is -0.478 e. The lowest BCUT2D eigenvalue weighted by Gasteiger charge is -2.04. The van der Waals surface area contributed by atoms with Gasteiger partial charge in [-0.15, -0.1) is 0 Å². The summed E-state index contributed by atoms with van der Waals surface area (Å²) in [6.45, 7) is 0.343. The van der Waals surface area contributed by atoms with Crippen LogP contribution in [0.25, 0.3) is 0 Å². The van der Waals surface area contributed by atoms with Crippen LogP contribution in [0.3, 0.4) is 0 Å². The molecule has 0 saturated heterocycles. The SMILES string of the molecule is O=C(O)c1coc(CNCc2cc(F)ccc2F)c1. The lowest BCUT2D eigenvalue weighted by Crippen LogP contribution is -2.13. The van der Waals surface area contributed by atoms with Crippen molar-refractivity contribution in [2.45, 2.75) is 13.1 Å². The first-order chi connectivity index (χ1) is 9.06. The third kappa shape index (κ3) is 3.38. The molecule has 2 aromatic rings. The van der Waals surface area contributed by atoms with Crippen molar-refractivity contribution in [2.75, 3.05) is 0 Å². The lowest BCUT2D eigenvalue weighted by atomic mass is 10.2. The van der Waals surface area contributed by atoms with Gasteiger partial charge in [-0.3, -0.25) is 0 Å². The first kappa shape index (κ1) is 13.2. The predicted molar refractivity (Wildman–Crippen MR) is 62.6 cm³/mol. The third-order valence-electron chi connectivity index (χ3n) is 2.52. The molecule has 1 heterocycles. The number of carboxylic acid groups (broad SMARTS) is 1. The molecule has 0 amide bonds. The number of hydrogen-bond acceptors (Lipinski definition) is 3. The molecule has 0 aliphatic heterocycles. The maximum absolute atomic E-state index is 13.3. The van der Waals surface area contributed by atoms with Gasteiger partial charge in [-0.1, -0.05) is 0 Å². The Balaban J connectivity index is 1.92. The van der Waals surface area contributed by atoms with Gasteiger partial charge < -0.3 is 14.8 Å². The molecule has 0 bridgehead atoms. The Morgan fingerprint density at radius 3 is 2.74 bits per heavy atom. The Hall–Kier alpha value is -2.21. The molecule has 0 spiro atoms. The van der Waals surface area contributed by atoms with Gasteiger partial charge in [0.2, 0.25) is 0 Å². The Labute approximate surface area is 107 Å². The van der Waals surface area contributed by atoms with E-state index in [2.05, 4.69) is 5.32 Å². The van der Waals surface area contributed by atoms with Gasteiger partial charge in [-0.2, -0.15) is 0 Å². The lowest BCUT2D eigenvalue weighted by molar-refractivity contribution is 0.0696. The molecule has 1 aromatic heterocycles. The Morgan fingerprint density at radius 1 is 1.26 bits per heavy atom. The van der Waals surface area contributed by atoms with Gasteiger partial charge in [0.25, 0.3) is 0 Å². The summed E-state index contributed by atoms with van der Waals surface area (Å²) in [6.07, 6.45) is 1.13. The fourth-order valence-corrected chi connectivity index (χ4v) is 1.58. The van der Waals surface area contributed by atoms with Crippen LogP contribution in [0.4, 0.5) is 8.78 Å². The van der Waals surface area contributed by atoms with Crippen molar-refractivity contribution in [3.63, 3.8) is 0 Å². The molecule has 2 rings (SSSR count). The molecule has 0 atom stereocenters. The van der Waals surface area contributed by atoms with Crippen molar-refractivity contribution in [3.05, 3.63) is 59.1 Å². The second kappa shape index (κ2) is 5.62. The molecule has 100 valence electrons. The molecule has 0 unspecified atom stereocenters. The molecule has 4 nitrogen and oxygen atoms in total. The number of furan rings is 1. The average molecular weight is 267 g/mol. The molecule has 0 aliphatic rings. The summed E-state index contributed by atoms with van der Waals surface area (Å²) in [4.78, 5) is 10.6. The Kier molecular flexibility index (Phi) is 3.91. The van der Waals surface area contributed by atoms with Gasteiger partial charge in [0.15, 0.2) is 0 Å². The fourth-order valence-electron chi connectivity index (χ4n) is 1.58. The van der Waals surface area contributed by atoms with Crippen LogP contribution in [0.1, 0.15) is 21.7 Å². The maximum atomic E-state index is 13.3. The number of nitrogens with one attached hydrogen (secondary N) is 1. The summed E-state index contributed by atoms with van der Waals surface area (Å²) >= 11 is 0. The molecule has 2 N–H and O–H groups in total. The molecule has 0 saturated carbocycles. The smallest absolute Gasteiger partial charge is 0.338 e. The monoisotopic (exact) mass is 267 g/mol. The third-order valence-corrected chi connectivity index (χ3v) is 2.52. The highest BCUT2D eigenvalue weighted by atomic mass is 19.1. The van der Waals surface area contributed by atoms with E-state index in [1.807, 2.05) is 0 Å². The molecule has 6 heteroatoms. The zero-order chi connectivity index (χ0) is 13.8. The molecular formula is C13H11F2NO3. The van der Waals surface area contributed by atoms with E-state index in [-0.39, 0.29) is 24.2 Å². The molecule has 0 radical (unpaired) electrons. The Morgan fingerprint density at radius 2 is 2.05 bits per heavy atom. The van der Waals surface area contributed by atoms with Crippen molar-refractivity contribution in [1.82, 2.24) is 5.32 Å². The minimum absolute atomic E-state index is 0.0498. The van der Waals surface area contributed by atoms with Gasteiger partial charge in [-0.25, -0.2) is 13.6 Å². The number of halogens is 2. The normalized spacial score (nSPS) is 10.6. The van der Waals surface area contributed by atoms with Crippen LogP contribution in [0, 0.1) is 11.6 Å². The summed E-state index contributed by atoms with van der Waals surface area (Å²) in [5, 5.41) is 11.5. The second-order valence-corrected chi connectivity index (χ2v) is 3.95. The quantitative estimate of drug-likeness (QED) is 0.873. The van der Waals surface area contributed by atoms with Crippen LogP contribution in [-0.2, 0) is 13.1 Å². The number of benzene rings is 1.